The maximum absolute atomic E-state index is 11.9. The Morgan fingerprint density at radius 3 is 2.68 bits per heavy atom. The topological polar surface area (TPSA) is 89.8 Å². The summed E-state index contributed by atoms with van der Waals surface area (Å²) in [6, 6.07) is 7.60. The molecular formula is C18H20N6O2S2. The molecule has 4 aromatic rings. The molecule has 146 valence electrons. The predicted octanol–water partition coefficient (Wildman–Crippen LogP) is 3.00. The molecule has 0 radical (unpaired) electrons. The standard InChI is InChI=1S/C18H18N6O2S.H2S/c1-11-10-24(18(25)21-11)15-7-5-13(9-19-15)27-22-16-14(26-3)6-4-12-8-20-23(2)17(12)16;/h4-10,22H,1-3H3,(H,21,25);1H2. The van der Waals surface area contributed by atoms with E-state index >= 15 is 0 Å². The fourth-order valence-corrected chi connectivity index (χ4v) is 3.54. The Bertz CT molecular complexity index is 1160. The molecule has 0 atom stereocenters. The maximum atomic E-state index is 11.9. The van der Waals surface area contributed by atoms with Gasteiger partial charge in [0.25, 0.3) is 0 Å². The lowest BCUT2D eigenvalue weighted by Crippen LogP contribution is -2.15. The molecule has 0 bridgehead atoms. The number of rotatable bonds is 5. The number of ether oxygens (including phenoxy) is 1. The van der Waals surface area contributed by atoms with E-state index in [-0.39, 0.29) is 19.2 Å². The van der Waals surface area contributed by atoms with Crippen molar-refractivity contribution in [2.24, 2.45) is 7.05 Å². The summed E-state index contributed by atoms with van der Waals surface area (Å²) in [6.07, 6.45) is 5.26. The Kier molecular flexibility index (Phi) is 5.71. The molecule has 0 amide bonds. The Balaban J connectivity index is 0.00000225. The molecule has 3 aromatic heterocycles. The quantitative estimate of drug-likeness (QED) is 0.486. The number of aromatic amines is 1. The zero-order valence-electron chi connectivity index (χ0n) is 15.6. The lowest BCUT2D eigenvalue weighted by molar-refractivity contribution is 0.417. The fraction of sp³-hybridized carbons (Fsp3) is 0.167. The van der Waals surface area contributed by atoms with Crippen LogP contribution >= 0.6 is 25.4 Å². The van der Waals surface area contributed by atoms with Gasteiger partial charge in [0.15, 0.2) is 0 Å². The number of imidazole rings is 1. The molecule has 0 spiro atoms. The summed E-state index contributed by atoms with van der Waals surface area (Å²) < 4.78 is 12.1. The zero-order valence-corrected chi connectivity index (χ0v) is 17.4. The summed E-state index contributed by atoms with van der Waals surface area (Å²) in [5, 5.41) is 5.33. The lowest BCUT2D eigenvalue weighted by atomic mass is 10.2. The number of fused-ring (bicyclic) bond motifs is 1. The summed E-state index contributed by atoms with van der Waals surface area (Å²) in [6.45, 7) is 1.83. The first-order chi connectivity index (χ1) is 13.1. The van der Waals surface area contributed by atoms with Gasteiger partial charge in [-0.15, -0.1) is 0 Å². The number of aromatic nitrogens is 5. The van der Waals surface area contributed by atoms with E-state index in [9.17, 15) is 4.79 Å². The van der Waals surface area contributed by atoms with Crippen LogP contribution in [0.4, 0.5) is 5.69 Å². The molecule has 8 nitrogen and oxygen atoms in total. The molecule has 0 unspecified atom stereocenters. The summed E-state index contributed by atoms with van der Waals surface area (Å²) in [4.78, 5) is 19.9. The van der Waals surface area contributed by atoms with Gasteiger partial charge in [-0.2, -0.15) is 18.6 Å². The number of benzene rings is 1. The average molecular weight is 417 g/mol. The van der Waals surface area contributed by atoms with E-state index in [4.69, 9.17) is 4.74 Å². The number of H-pyrrole nitrogens is 1. The highest BCUT2D eigenvalue weighted by Crippen LogP contribution is 2.35. The lowest BCUT2D eigenvalue weighted by Gasteiger charge is -2.12. The summed E-state index contributed by atoms with van der Waals surface area (Å²) in [7, 11) is 3.53. The van der Waals surface area contributed by atoms with Crippen LogP contribution in [-0.2, 0) is 7.05 Å². The number of nitrogens with zero attached hydrogens (tertiary/aromatic N) is 4. The van der Waals surface area contributed by atoms with E-state index in [2.05, 4.69) is 19.8 Å². The van der Waals surface area contributed by atoms with Crippen molar-refractivity contribution in [3.63, 3.8) is 0 Å². The number of aryl methyl sites for hydroxylation is 2. The molecule has 3 heterocycles. The van der Waals surface area contributed by atoms with Gasteiger partial charge in [0, 0.05) is 35.4 Å². The second-order valence-electron chi connectivity index (χ2n) is 6.02. The van der Waals surface area contributed by atoms with Crippen molar-refractivity contribution in [3.8, 4) is 11.6 Å². The van der Waals surface area contributed by atoms with E-state index in [1.807, 2.05) is 43.0 Å². The Hall–Kier alpha value is -2.85. The van der Waals surface area contributed by atoms with Crippen LogP contribution in [0.25, 0.3) is 16.7 Å². The summed E-state index contributed by atoms with van der Waals surface area (Å²) >= 11 is 1.41. The van der Waals surface area contributed by atoms with E-state index in [0.717, 1.165) is 32.9 Å². The fourth-order valence-electron chi connectivity index (χ4n) is 2.89. The van der Waals surface area contributed by atoms with Gasteiger partial charge in [-0.05, 0) is 43.1 Å². The number of hydrogen-bond donors (Lipinski definition) is 2. The van der Waals surface area contributed by atoms with Crippen LogP contribution in [-0.4, -0.2) is 31.4 Å². The molecule has 0 aliphatic rings. The molecule has 0 saturated heterocycles. The minimum absolute atomic E-state index is 0. The highest BCUT2D eigenvalue weighted by Gasteiger charge is 2.13. The van der Waals surface area contributed by atoms with E-state index < -0.39 is 0 Å². The van der Waals surface area contributed by atoms with Gasteiger partial charge in [-0.25, -0.2) is 9.78 Å². The monoisotopic (exact) mass is 416 g/mol. The molecule has 10 heteroatoms. The maximum Gasteiger partial charge on any atom is 0.331 e. The van der Waals surface area contributed by atoms with Crippen LogP contribution in [0.3, 0.4) is 0 Å². The Labute approximate surface area is 172 Å². The molecule has 0 fully saturated rings. The summed E-state index contributed by atoms with van der Waals surface area (Å²) in [5.41, 5.74) is 2.40. The van der Waals surface area contributed by atoms with Crippen molar-refractivity contribution in [3.05, 3.63) is 59.0 Å². The van der Waals surface area contributed by atoms with Crippen LogP contribution < -0.4 is 15.1 Å². The van der Waals surface area contributed by atoms with E-state index in [0.29, 0.717) is 5.82 Å². The van der Waals surface area contributed by atoms with Gasteiger partial charge in [0.05, 0.1) is 18.8 Å². The second-order valence-corrected chi connectivity index (χ2v) is 6.90. The number of pyridine rings is 1. The second kappa shape index (κ2) is 8.03. The van der Waals surface area contributed by atoms with Crippen LogP contribution in [0.15, 0.2) is 52.5 Å². The molecule has 4 rings (SSSR count). The minimum atomic E-state index is -0.203. The SMILES string of the molecule is COc1ccc2cnn(C)c2c1NSc1ccc(-n2cc(C)[nH]c2=O)nc1.S. The van der Waals surface area contributed by atoms with Crippen LogP contribution in [0.1, 0.15) is 5.69 Å². The average Bonchev–Trinajstić information content (AvgIpc) is 3.22. The normalized spacial score (nSPS) is 10.7. The van der Waals surface area contributed by atoms with Crippen molar-refractivity contribution < 1.29 is 4.74 Å². The number of anilines is 1. The third kappa shape index (κ3) is 3.60. The zero-order chi connectivity index (χ0) is 19.0. The first-order valence-corrected chi connectivity index (χ1v) is 9.04. The van der Waals surface area contributed by atoms with Gasteiger partial charge in [0.2, 0.25) is 0 Å². The van der Waals surface area contributed by atoms with Gasteiger partial charge in [-0.1, -0.05) is 0 Å². The Morgan fingerprint density at radius 2 is 2.04 bits per heavy atom. The van der Waals surface area contributed by atoms with E-state index in [1.165, 1.54) is 16.5 Å². The first-order valence-electron chi connectivity index (χ1n) is 8.23. The molecule has 2 N–H and O–H groups in total. The predicted molar refractivity (Wildman–Crippen MR) is 116 cm³/mol. The van der Waals surface area contributed by atoms with Gasteiger partial charge in [0.1, 0.15) is 17.3 Å². The van der Waals surface area contributed by atoms with Crippen molar-refractivity contribution in [1.29, 1.82) is 0 Å². The smallest absolute Gasteiger partial charge is 0.331 e. The van der Waals surface area contributed by atoms with Crippen LogP contribution in [0, 0.1) is 6.92 Å². The molecule has 0 aliphatic heterocycles. The molecule has 0 aliphatic carbocycles. The summed E-state index contributed by atoms with van der Waals surface area (Å²) in [5.74, 6) is 1.30. The first kappa shape index (κ1) is 19.9. The molecular weight excluding hydrogens is 396 g/mol. The van der Waals surface area contributed by atoms with Crippen molar-refractivity contribution in [2.75, 3.05) is 11.8 Å². The third-order valence-electron chi connectivity index (χ3n) is 4.17. The van der Waals surface area contributed by atoms with Gasteiger partial charge >= 0.3 is 5.69 Å². The number of methoxy groups -OCH3 is 1. The minimum Gasteiger partial charge on any atom is -0.494 e. The highest BCUT2D eigenvalue weighted by atomic mass is 32.2. The van der Waals surface area contributed by atoms with Crippen molar-refractivity contribution in [2.45, 2.75) is 11.8 Å². The largest absolute Gasteiger partial charge is 0.494 e. The Morgan fingerprint density at radius 1 is 1.21 bits per heavy atom. The third-order valence-corrected chi connectivity index (χ3v) is 4.95. The van der Waals surface area contributed by atoms with Crippen LogP contribution in [0.5, 0.6) is 5.75 Å². The van der Waals surface area contributed by atoms with Gasteiger partial charge in [-0.3, -0.25) is 9.25 Å². The van der Waals surface area contributed by atoms with E-state index in [1.54, 1.807) is 25.6 Å². The molecule has 0 saturated carbocycles. The number of hydrogen-bond acceptors (Lipinski definition) is 6. The van der Waals surface area contributed by atoms with Crippen LogP contribution in [0.2, 0.25) is 0 Å². The molecule has 28 heavy (non-hydrogen) atoms. The highest BCUT2D eigenvalue weighted by molar-refractivity contribution is 8.00. The van der Waals surface area contributed by atoms with Crippen molar-refractivity contribution in [1.82, 2.24) is 24.3 Å². The van der Waals surface area contributed by atoms with Crippen molar-refractivity contribution >= 4 is 42.0 Å². The number of nitrogens with one attached hydrogen (secondary N) is 2. The van der Waals surface area contributed by atoms with Gasteiger partial charge < -0.3 is 14.4 Å². The molecule has 1 aromatic carbocycles.